The summed E-state index contributed by atoms with van der Waals surface area (Å²) < 4.78 is 1.70. The molecule has 0 radical (unpaired) electrons. The van der Waals surface area contributed by atoms with E-state index in [1.807, 2.05) is 33.9 Å². The fourth-order valence-corrected chi connectivity index (χ4v) is 1.89. The molecule has 0 aliphatic rings. The number of rotatable bonds is 3. The van der Waals surface area contributed by atoms with Crippen LogP contribution >= 0.6 is 0 Å². The number of aryl methyl sites for hydroxylation is 3. The normalized spacial score (nSPS) is 10.7. The quantitative estimate of drug-likeness (QED) is 0.864. The maximum Gasteiger partial charge on any atom is 0.260 e. The van der Waals surface area contributed by atoms with E-state index >= 15 is 0 Å². The summed E-state index contributed by atoms with van der Waals surface area (Å²) in [5.41, 5.74) is 3.17. The maximum atomic E-state index is 12.1. The molecule has 18 heavy (non-hydrogen) atoms. The standard InChI is InChI=1S/C12H17N5O/c1-5-9-6-10(15-14-9)13-12(18)11-7(2)16-17(4)8(11)3/h6H,5H2,1-4H3,(H2,13,14,15,18). The molecular weight excluding hydrogens is 230 g/mol. The van der Waals surface area contributed by atoms with Gasteiger partial charge in [-0.25, -0.2) is 0 Å². The fraction of sp³-hybridized carbons (Fsp3) is 0.417. The van der Waals surface area contributed by atoms with E-state index in [0.29, 0.717) is 11.4 Å². The Labute approximate surface area is 105 Å². The zero-order valence-corrected chi connectivity index (χ0v) is 11.0. The SMILES string of the molecule is CCc1cc(NC(=O)c2c(C)nn(C)c2C)n[nH]1. The molecule has 2 heterocycles. The summed E-state index contributed by atoms with van der Waals surface area (Å²) in [6.07, 6.45) is 0.855. The molecule has 0 aromatic carbocycles. The van der Waals surface area contributed by atoms with Gasteiger partial charge in [0.15, 0.2) is 5.82 Å². The minimum Gasteiger partial charge on any atom is -0.305 e. The first-order valence-corrected chi connectivity index (χ1v) is 5.88. The molecule has 0 saturated heterocycles. The number of anilines is 1. The molecule has 0 saturated carbocycles. The van der Waals surface area contributed by atoms with E-state index in [4.69, 9.17) is 0 Å². The molecule has 96 valence electrons. The lowest BCUT2D eigenvalue weighted by Crippen LogP contribution is -2.14. The number of nitrogens with one attached hydrogen (secondary N) is 2. The van der Waals surface area contributed by atoms with Gasteiger partial charge in [0, 0.05) is 24.5 Å². The molecule has 1 amide bonds. The van der Waals surface area contributed by atoms with Gasteiger partial charge in [-0.15, -0.1) is 0 Å². The molecule has 0 atom stereocenters. The van der Waals surface area contributed by atoms with Crippen molar-refractivity contribution in [3.8, 4) is 0 Å². The number of carbonyl (C=O) groups is 1. The first kappa shape index (κ1) is 12.3. The summed E-state index contributed by atoms with van der Waals surface area (Å²) in [6.45, 7) is 5.72. The maximum absolute atomic E-state index is 12.1. The first-order chi connectivity index (χ1) is 8.52. The van der Waals surface area contributed by atoms with Gasteiger partial charge >= 0.3 is 0 Å². The van der Waals surface area contributed by atoms with E-state index in [0.717, 1.165) is 23.5 Å². The lowest BCUT2D eigenvalue weighted by molar-refractivity contribution is 0.102. The second kappa shape index (κ2) is 4.64. The Morgan fingerprint density at radius 2 is 2.22 bits per heavy atom. The zero-order chi connectivity index (χ0) is 13.3. The van der Waals surface area contributed by atoms with Gasteiger partial charge in [-0.05, 0) is 20.3 Å². The van der Waals surface area contributed by atoms with Gasteiger partial charge < -0.3 is 5.32 Å². The second-order valence-corrected chi connectivity index (χ2v) is 4.26. The van der Waals surface area contributed by atoms with Gasteiger partial charge in [0.2, 0.25) is 0 Å². The number of hydrogen-bond acceptors (Lipinski definition) is 3. The topological polar surface area (TPSA) is 75.6 Å². The van der Waals surface area contributed by atoms with Crippen LogP contribution in [0.3, 0.4) is 0 Å². The van der Waals surface area contributed by atoms with E-state index < -0.39 is 0 Å². The number of carbonyl (C=O) groups excluding carboxylic acids is 1. The van der Waals surface area contributed by atoms with Crippen molar-refractivity contribution in [2.45, 2.75) is 27.2 Å². The molecule has 2 N–H and O–H groups in total. The Morgan fingerprint density at radius 1 is 1.50 bits per heavy atom. The van der Waals surface area contributed by atoms with E-state index in [1.165, 1.54) is 0 Å². The summed E-state index contributed by atoms with van der Waals surface area (Å²) in [5, 5.41) is 13.9. The van der Waals surface area contributed by atoms with Crippen molar-refractivity contribution in [2.24, 2.45) is 7.05 Å². The summed E-state index contributed by atoms with van der Waals surface area (Å²) in [4.78, 5) is 12.1. The summed E-state index contributed by atoms with van der Waals surface area (Å²) in [5.74, 6) is 0.367. The number of nitrogens with zero attached hydrogens (tertiary/aromatic N) is 3. The minimum atomic E-state index is -0.174. The van der Waals surface area contributed by atoms with Crippen LogP contribution < -0.4 is 5.32 Å². The van der Waals surface area contributed by atoms with Gasteiger partial charge in [0.1, 0.15) is 0 Å². The Kier molecular flexibility index (Phi) is 3.18. The van der Waals surface area contributed by atoms with E-state index in [1.54, 1.807) is 4.68 Å². The van der Waals surface area contributed by atoms with Crippen molar-refractivity contribution in [3.05, 3.63) is 28.7 Å². The van der Waals surface area contributed by atoms with E-state index in [9.17, 15) is 4.79 Å². The zero-order valence-electron chi connectivity index (χ0n) is 11.0. The third-order valence-electron chi connectivity index (χ3n) is 2.99. The average Bonchev–Trinajstić information content (AvgIpc) is 2.85. The van der Waals surface area contributed by atoms with Crippen LogP contribution in [0.15, 0.2) is 6.07 Å². The summed E-state index contributed by atoms with van der Waals surface area (Å²) in [7, 11) is 1.82. The molecule has 0 spiro atoms. The van der Waals surface area contributed by atoms with Gasteiger partial charge in [0.25, 0.3) is 5.91 Å². The third kappa shape index (κ3) is 2.13. The predicted octanol–water partition coefficient (Wildman–Crippen LogP) is 1.57. The molecule has 0 fully saturated rings. The van der Waals surface area contributed by atoms with Crippen LogP contribution in [0.4, 0.5) is 5.82 Å². The highest BCUT2D eigenvalue weighted by atomic mass is 16.1. The number of amides is 1. The Hall–Kier alpha value is -2.11. The molecule has 6 nitrogen and oxygen atoms in total. The van der Waals surface area contributed by atoms with Crippen molar-refractivity contribution in [3.63, 3.8) is 0 Å². The van der Waals surface area contributed by atoms with Gasteiger partial charge in [0.05, 0.1) is 11.3 Å². The smallest absolute Gasteiger partial charge is 0.260 e. The van der Waals surface area contributed by atoms with Crippen LogP contribution in [0.2, 0.25) is 0 Å². The molecule has 0 aliphatic heterocycles. The number of H-pyrrole nitrogens is 1. The molecule has 0 bridgehead atoms. The second-order valence-electron chi connectivity index (χ2n) is 4.26. The molecule has 2 aromatic heterocycles. The number of aromatic amines is 1. The largest absolute Gasteiger partial charge is 0.305 e. The first-order valence-electron chi connectivity index (χ1n) is 5.88. The Bertz CT molecular complexity index is 581. The highest BCUT2D eigenvalue weighted by Crippen LogP contribution is 2.14. The highest BCUT2D eigenvalue weighted by molar-refractivity contribution is 6.05. The van der Waals surface area contributed by atoms with Gasteiger partial charge in [-0.1, -0.05) is 6.92 Å². The molecule has 0 aliphatic carbocycles. The fourth-order valence-electron chi connectivity index (χ4n) is 1.89. The molecule has 2 rings (SSSR count). The van der Waals surface area contributed by atoms with E-state index in [2.05, 4.69) is 20.6 Å². The molecule has 2 aromatic rings. The summed E-state index contributed by atoms with van der Waals surface area (Å²) >= 11 is 0. The van der Waals surface area contributed by atoms with E-state index in [-0.39, 0.29) is 5.91 Å². The third-order valence-corrected chi connectivity index (χ3v) is 2.99. The van der Waals surface area contributed by atoms with Crippen LogP contribution in [0.25, 0.3) is 0 Å². The molecule has 0 unspecified atom stereocenters. The van der Waals surface area contributed by atoms with Crippen molar-refractivity contribution >= 4 is 11.7 Å². The lowest BCUT2D eigenvalue weighted by atomic mass is 10.2. The van der Waals surface area contributed by atoms with Crippen molar-refractivity contribution < 1.29 is 4.79 Å². The van der Waals surface area contributed by atoms with Crippen LogP contribution in [-0.2, 0) is 13.5 Å². The monoisotopic (exact) mass is 247 g/mol. The van der Waals surface area contributed by atoms with Gasteiger partial charge in [-0.3, -0.25) is 14.6 Å². The molecule has 6 heteroatoms. The Balaban J connectivity index is 2.21. The van der Waals surface area contributed by atoms with Crippen molar-refractivity contribution in [1.29, 1.82) is 0 Å². The highest BCUT2D eigenvalue weighted by Gasteiger charge is 2.18. The van der Waals surface area contributed by atoms with Crippen LogP contribution in [0.1, 0.15) is 34.4 Å². The lowest BCUT2D eigenvalue weighted by Gasteiger charge is -2.01. The summed E-state index contributed by atoms with van der Waals surface area (Å²) in [6, 6.07) is 1.83. The molecular formula is C12H17N5O. The van der Waals surface area contributed by atoms with Crippen LogP contribution in [0.5, 0.6) is 0 Å². The number of hydrogen-bond donors (Lipinski definition) is 2. The number of aromatic nitrogens is 4. The van der Waals surface area contributed by atoms with Crippen LogP contribution in [-0.4, -0.2) is 25.9 Å². The van der Waals surface area contributed by atoms with Crippen molar-refractivity contribution in [2.75, 3.05) is 5.32 Å². The van der Waals surface area contributed by atoms with Gasteiger partial charge in [-0.2, -0.15) is 10.2 Å². The average molecular weight is 247 g/mol. The predicted molar refractivity (Wildman–Crippen MR) is 68.6 cm³/mol. The Morgan fingerprint density at radius 3 is 2.72 bits per heavy atom. The van der Waals surface area contributed by atoms with Crippen molar-refractivity contribution in [1.82, 2.24) is 20.0 Å². The minimum absolute atomic E-state index is 0.174. The van der Waals surface area contributed by atoms with Crippen LogP contribution in [0, 0.1) is 13.8 Å².